The van der Waals surface area contributed by atoms with Gasteiger partial charge in [0.15, 0.2) is 5.13 Å². The minimum Gasteiger partial charge on any atom is -0.375 e. The highest BCUT2D eigenvalue weighted by atomic mass is 32.2. The zero-order chi connectivity index (χ0) is 11.1. The van der Waals surface area contributed by atoms with E-state index < -0.39 is 5.51 Å². The van der Waals surface area contributed by atoms with Crippen LogP contribution < -0.4 is 5.73 Å². The number of thiazole rings is 1. The number of aromatic nitrogens is 1. The van der Waals surface area contributed by atoms with Gasteiger partial charge in [-0.1, -0.05) is 11.3 Å². The third-order valence-electron chi connectivity index (χ3n) is 1.61. The van der Waals surface area contributed by atoms with Crippen LogP contribution in [0.1, 0.15) is 0 Å². The Morgan fingerprint density at radius 1 is 1.33 bits per heavy atom. The number of anilines is 1. The summed E-state index contributed by atoms with van der Waals surface area (Å²) in [5.74, 6) is 0. The van der Waals surface area contributed by atoms with E-state index in [0.29, 0.717) is 10.6 Å². The van der Waals surface area contributed by atoms with Crippen LogP contribution in [0, 0.1) is 0 Å². The Labute approximate surface area is 91.3 Å². The standard InChI is InChI=1S/C8H5F3N2S2/c9-8(10,11)15-4-1-2-6-5(3-4)13-7(12)14-6/h1-3H,(H2,12,13). The van der Waals surface area contributed by atoms with E-state index in [2.05, 4.69) is 4.98 Å². The van der Waals surface area contributed by atoms with Crippen LogP contribution in [0.2, 0.25) is 0 Å². The molecular weight excluding hydrogens is 245 g/mol. The number of nitrogens with zero attached hydrogens (tertiary/aromatic N) is 1. The lowest BCUT2D eigenvalue weighted by molar-refractivity contribution is -0.0328. The number of thioether (sulfide) groups is 1. The lowest BCUT2D eigenvalue weighted by Crippen LogP contribution is -1.98. The fourth-order valence-electron chi connectivity index (χ4n) is 1.12. The molecule has 0 bridgehead atoms. The Kier molecular flexibility index (Phi) is 2.51. The maximum Gasteiger partial charge on any atom is 0.446 e. The number of halogens is 3. The van der Waals surface area contributed by atoms with Gasteiger partial charge in [-0.25, -0.2) is 4.98 Å². The summed E-state index contributed by atoms with van der Waals surface area (Å²) in [6.45, 7) is 0. The van der Waals surface area contributed by atoms with Gasteiger partial charge in [0.05, 0.1) is 10.2 Å². The van der Waals surface area contributed by atoms with Crippen molar-refractivity contribution in [2.75, 3.05) is 5.73 Å². The van der Waals surface area contributed by atoms with Gasteiger partial charge in [-0.05, 0) is 30.0 Å². The van der Waals surface area contributed by atoms with Crippen molar-refractivity contribution < 1.29 is 13.2 Å². The molecule has 0 fully saturated rings. The molecule has 1 heterocycles. The Balaban J connectivity index is 2.38. The molecule has 0 aliphatic heterocycles. The van der Waals surface area contributed by atoms with Crippen LogP contribution in [0.4, 0.5) is 18.3 Å². The van der Waals surface area contributed by atoms with E-state index in [1.54, 1.807) is 6.07 Å². The van der Waals surface area contributed by atoms with Crippen molar-refractivity contribution in [3.8, 4) is 0 Å². The number of nitrogen functional groups attached to an aromatic ring is 1. The highest BCUT2D eigenvalue weighted by Crippen LogP contribution is 2.38. The second-order valence-electron chi connectivity index (χ2n) is 2.73. The first-order valence-corrected chi connectivity index (χ1v) is 5.49. The smallest absolute Gasteiger partial charge is 0.375 e. The normalized spacial score (nSPS) is 12.2. The van der Waals surface area contributed by atoms with Crippen LogP contribution in [-0.4, -0.2) is 10.5 Å². The third-order valence-corrected chi connectivity index (χ3v) is 3.20. The summed E-state index contributed by atoms with van der Waals surface area (Å²) in [6.07, 6.45) is 0. The molecule has 0 radical (unpaired) electrons. The fourth-order valence-corrected chi connectivity index (χ4v) is 2.41. The fraction of sp³-hybridized carbons (Fsp3) is 0.125. The number of nitrogens with two attached hydrogens (primary N) is 1. The summed E-state index contributed by atoms with van der Waals surface area (Å²) >= 11 is 1.10. The van der Waals surface area contributed by atoms with Gasteiger partial charge in [-0.15, -0.1) is 0 Å². The Bertz CT molecular complexity index is 492. The van der Waals surface area contributed by atoms with Crippen molar-refractivity contribution in [2.45, 2.75) is 10.4 Å². The molecule has 1 aromatic heterocycles. The van der Waals surface area contributed by atoms with Gasteiger partial charge in [-0.3, -0.25) is 0 Å². The van der Waals surface area contributed by atoms with Gasteiger partial charge in [0.25, 0.3) is 0 Å². The molecule has 0 spiro atoms. The first kappa shape index (κ1) is 10.6. The maximum absolute atomic E-state index is 12.1. The predicted molar refractivity (Wildman–Crippen MR) is 55.9 cm³/mol. The Morgan fingerprint density at radius 3 is 2.73 bits per heavy atom. The molecule has 7 heteroatoms. The zero-order valence-corrected chi connectivity index (χ0v) is 8.84. The lowest BCUT2D eigenvalue weighted by atomic mass is 10.3. The van der Waals surface area contributed by atoms with E-state index in [1.807, 2.05) is 0 Å². The van der Waals surface area contributed by atoms with E-state index in [1.165, 1.54) is 23.5 Å². The first-order valence-electron chi connectivity index (χ1n) is 3.86. The predicted octanol–water partition coefficient (Wildman–Crippen LogP) is 3.49. The molecule has 2 rings (SSSR count). The van der Waals surface area contributed by atoms with Crippen LogP contribution in [0.15, 0.2) is 23.1 Å². The molecule has 2 N–H and O–H groups in total. The lowest BCUT2D eigenvalue weighted by Gasteiger charge is -2.04. The molecule has 1 aromatic carbocycles. The molecule has 0 saturated heterocycles. The number of alkyl halides is 3. The zero-order valence-electron chi connectivity index (χ0n) is 7.21. The van der Waals surface area contributed by atoms with Crippen LogP contribution in [-0.2, 0) is 0 Å². The molecule has 0 aliphatic rings. The molecule has 80 valence electrons. The average Bonchev–Trinajstić information content (AvgIpc) is 2.40. The summed E-state index contributed by atoms with van der Waals surface area (Å²) < 4.78 is 37.0. The van der Waals surface area contributed by atoms with Crippen LogP contribution in [0.25, 0.3) is 10.2 Å². The van der Waals surface area contributed by atoms with Crippen molar-refractivity contribution in [3.05, 3.63) is 18.2 Å². The average molecular weight is 250 g/mol. The summed E-state index contributed by atoms with van der Waals surface area (Å²) in [5, 5.41) is 0.360. The highest BCUT2D eigenvalue weighted by molar-refractivity contribution is 8.00. The first-order chi connectivity index (χ1) is 6.94. The van der Waals surface area contributed by atoms with Crippen molar-refractivity contribution in [3.63, 3.8) is 0 Å². The summed E-state index contributed by atoms with van der Waals surface area (Å²) in [7, 11) is 0. The molecule has 2 aromatic rings. The molecular formula is C8H5F3N2S2. The van der Waals surface area contributed by atoms with E-state index in [9.17, 15) is 13.2 Å². The molecule has 2 nitrogen and oxygen atoms in total. The van der Waals surface area contributed by atoms with Crippen LogP contribution in [0.5, 0.6) is 0 Å². The second-order valence-corrected chi connectivity index (χ2v) is 4.93. The van der Waals surface area contributed by atoms with E-state index in [4.69, 9.17) is 5.73 Å². The highest BCUT2D eigenvalue weighted by Gasteiger charge is 2.29. The molecule has 0 atom stereocenters. The number of fused-ring (bicyclic) bond motifs is 1. The SMILES string of the molecule is Nc1nc2cc(SC(F)(F)F)ccc2s1. The number of hydrogen-bond donors (Lipinski definition) is 1. The molecule has 0 unspecified atom stereocenters. The molecule has 15 heavy (non-hydrogen) atoms. The monoisotopic (exact) mass is 250 g/mol. The number of benzene rings is 1. The van der Waals surface area contributed by atoms with Crippen LogP contribution in [0.3, 0.4) is 0 Å². The molecule has 0 amide bonds. The van der Waals surface area contributed by atoms with Crippen molar-refractivity contribution in [1.82, 2.24) is 4.98 Å². The minimum absolute atomic E-state index is 0.125. The van der Waals surface area contributed by atoms with Crippen molar-refractivity contribution in [1.29, 1.82) is 0 Å². The largest absolute Gasteiger partial charge is 0.446 e. The quantitative estimate of drug-likeness (QED) is 0.787. The van der Waals surface area contributed by atoms with E-state index in [0.717, 1.165) is 4.70 Å². The van der Waals surface area contributed by atoms with Gasteiger partial charge in [-0.2, -0.15) is 13.2 Å². The number of rotatable bonds is 1. The van der Waals surface area contributed by atoms with Gasteiger partial charge in [0.1, 0.15) is 0 Å². The summed E-state index contributed by atoms with van der Waals surface area (Å²) in [6, 6.07) is 4.40. The van der Waals surface area contributed by atoms with Crippen molar-refractivity contribution in [2.24, 2.45) is 0 Å². The Hall–Kier alpha value is -0.950. The summed E-state index contributed by atoms with van der Waals surface area (Å²) in [4.78, 5) is 4.04. The third kappa shape index (κ3) is 2.54. The van der Waals surface area contributed by atoms with E-state index in [-0.39, 0.29) is 16.7 Å². The van der Waals surface area contributed by atoms with Gasteiger partial charge < -0.3 is 5.73 Å². The molecule has 0 saturated carbocycles. The Morgan fingerprint density at radius 2 is 2.07 bits per heavy atom. The summed E-state index contributed by atoms with van der Waals surface area (Å²) in [5.41, 5.74) is 1.68. The van der Waals surface area contributed by atoms with Gasteiger partial charge in [0.2, 0.25) is 0 Å². The van der Waals surface area contributed by atoms with Gasteiger partial charge >= 0.3 is 5.51 Å². The van der Waals surface area contributed by atoms with Crippen molar-refractivity contribution >= 4 is 38.4 Å². The maximum atomic E-state index is 12.1. The molecule has 0 aliphatic carbocycles. The second kappa shape index (κ2) is 3.57. The minimum atomic E-state index is -4.27. The number of hydrogen-bond acceptors (Lipinski definition) is 4. The van der Waals surface area contributed by atoms with E-state index >= 15 is 0 Å². The van der Waals surface area contributed by atoms with Gasteiger partial charge in [0, 0.05) is 4.90 Å². The topological polar surface area (TPSA) is 38.9 Å². The van der Waals surface area contributed by atoms with Crippen LogP contribution >= 0.6 is 23.1 Å².